The molecule has 0 unspecified atom stereocenters. The summed E-state index contributed by atoms with van der Waals surface area (Å²) in [6.45, 7) is 12.0. The summed E-state index contributed by atoms with van der Waals surface area (Å²) in [6.07, 6.45) is 0.803. The number of aromatic nitrogens is 4. The van der Waals surface area contributed by atoms with E-state index in [0.717, 1.165) is 23.0 Å². The second-order valence-corrected chi connectivity index (χ2v) is 27.3. The summed E-state index contributed by atoms with van der Waals surface area (Å²) in [6, 6.07) is 72.8. The van der Waals surface area contributed by atoms with Gasteiger partial charge in [-0.2, -0.15) is 0 Å². The van der Waals surface area contributed by atoms with Crippen molar-refractivity contribution in [2.24, 2.45) is 0 Å². The fourth-order valence-corrected chi connectivity index (χ4v) is 19.7. The highest BCUT2D eigenvalue weighted by Crippen LogP contribution is 2.57. The molecule has 10 heterocycles. The minimum absolute atomic E-state index is 0.0152. The highest BCUT2D eigenvalue weighted by Gasteiger charge is 2.50. The van der Waals surface area contributed by atoms with Gasteiger partial charge >= 0.3 is 13.7 Å². The van der Waals surface area contributed by atoms with Crippen LogP contribution in [-0.2, 0) is 17.3 Å². The van der Waals surface area contributed by atoms with Crippen LogP contribution in [0.2, 0.25) is 0 Å². The second-order valence-electron chi connectivity index (χ2n) is 26.3. The van der Waals surface area contributed by atoms with E-state index >= 15 is 0 Å². The molecule has 0 radical (unpaired) electrons. The molecule has 16 aromatic rings. The van der Waals surface area contributed by atoms with E-state index in [9.17, 15) is 0 Å². The number of benzene rings is 10. The van der Waals surface area contributed by atoms with E-state index in [-0.39, 0.29) is 24.5 Å². The largest absolute Gasteiger partial charge is 0.454 e. The van der Waals surface area contributed by atoms with Gasteiger partial charge in [-0.1, -0.05) is 179 Å². The van der Waals surface area contributed by atoms with Crippen LogP contribution in [0, 0.1) is 6.92 Å². The number of aryl methyl sites for hydroxylation is 1. The Morgan fingerprint density at radius 2 is 1.07 bits per heavy atom. The summed E-state index contributed by atoms with van der Waals surface area (Å²) in [5, 5.41) is 7.73. The van der Waals surface area contributed by atoms with Gasteiger partial charge in [-0.15, -0.1) is 11.3 Å². The first-order valence-corrected chi connectivity index (χ1v) is 30.8. The summed E-state index contributed by atoms with van der Waals surface area (Å²) < 4.78 is 20.5. The van der Waals surface area contributed by atoms with Crippen molar-refractivity contribution in [1.82, 2.24) is 18.1 Å². The van der Waals surface area contributed by atoms with E-state index in [0.29, 0.717) is 0 Å². The van der Waals surface area contributed by atoms with Gasteiger partial charge in [-0.3, -0.25) is 0 Å². The zero-order valence-electron chi connectivity index (χ0n) is 46.9. The zero-order chi connectivity index (χ0) is 54.9. The molecule has 0 amide bonds. The van der Waals surface area contributed by atoms with E-state index in [4.69, 9.17) is 4.42 Å². The van der Waals surface area contributed by atoms with Crippen LogP contribution in [0.25, 0.3) is 142 Å². The van der Waals surface area contributed by atoms with Gasteiger partial charge in [-0.05, 0) is 122 Å². The molecule has 4 aliphatic heterocycles. The lowest BCUT2D eigenvalue weighted by molar-refractivity contribution is 0.624. The van der Waals surface area contributed by atoms with Crippen LogP contribution in [0.15, 0.2) is 192 Å². The van der Waals surface area contributed by atoms with Gasteiger partial charge in [0.1, 0.15) is 5.58 Å². The van der Waals surface area contributed by atoms with E-state index in [1.54, 1.807) is 0 Å². The van der Waals surface area contributed by atoms with E-state index in [1.165, 1.54) is 186 Å². The number of hydrogen-bond donors (Lipinski definition) is 0. The van der Waals surface area contributed by atoms with Crippen LogP contribution < -0.4 is 21.9 Å². The first kappa shape index (κ1) is 44.1. The lowest BCUT2D eigenvalue weighted by Gasteiger charge is -2.36. The van der Waals surface area contributed by atoms with E-state index in [1.807, 2.05) is 11.3 Å². The number of thiophene rings is 1. The SMILES string of the molecule is Cc1cc2c3c(c1)-n1c4c(c5cccc(c51)B3n1c3c-2cccc3c2sc3cc(Cc5cc6c7c(c5)-n5c8c(c9cccc(c95)B7n5c7c-6cccc7c6oc7ccccc7c65)-c5ccccc5C8(C)C)ccc3c21)C(C)(C)c1ccccc1-4. The fourth-order valence-electron chi connectivity index (χ4n) is 18.5. The average molecular weight is 1090 g/mol. The third kappa shape index (κ3) is 4.71. The normalized spacial score (nSPS) is 15.4. The van der Waals surface area contributed by atoms with Gasteiger partial charge in [0.25, 0.3) is 0 Å². The summed E-state index contributed by atoms with van der Waals surface area (Å²) in [5.74, 6) is 0. The van der Waals surface area contributed by atoms with E-state index in [2.05, 4.69) is 241 Å². The zero-order valence-corrected chi connectivity index (χ0v) is 47.7. The first-order chi connectivity index (χ1) is 41.1. The lowest BCUT2D eigenvalue weighted by Crippen LogP contribution is -2.55. The molecule has 390 valence electrons. The monoisotopic (exact) mass is 1090 g/mol. The number of hydrogen-bond acceptors (Lipinski definition) is 2. The van der Waals surface area contributed by atoms with Crippen LogP contribution in [0.3, 0.4) is 0 Å². The molecule has 22 rings (SSSR count). The molecule has 0 N–H and O–H groups in total. The number of para-hydroxylation sites is 5. The molecule has 8 heteroatoms. The van der Waals surface area contributed by atoms with Gasteiger partial charge in [-0.25, -0.2) is 0 Å². The molecule has 0 saturated carbocycles. The van der Waals surface area contributed by atoms with Crippen molar-refractivity contribution in [3.8, 4) is 56.0 Å². The average Bonchev–Trinajstić information content (AvgIpc) is 1.52. The van der Waals surface area contributed by atoms with Crippen LogP contribution in [-0.4, -0.2) is 31.8 Å². The third-order valence-electron chi connectivity index (χ3n) is 21.4. The molecule has 0 atom stereocenters. The summed E-state index contributed by atoms with van der Waals surface area (Å²) >= 11 is 1.98. The first-order valence-electron chi connectivity index (χ1n) is 29.9. The lowest BCUT2D eigenvalue weighted by atomic mass is 9.45. The van der Waals surface area contributed by atoms with Crippen molar-refractivity contribution in [1.29, 1.82) is 0 Å². The van der Waals surface area contributed by atoms with Crippen molar-refractivity contribution in [2.45, 2.75) is 51.9 Å². The maximum atomic E-state index is 6.90. The van der Waals surface area contributed by atoms with Gasteiger partial charge < -0.3 is 22.5 Å². The molecule has 84 heavy (non-hydrogen) atoms. The number of furan rings is 1. The Bertz CT molecular complexity index is 5940. The van der Waals surface area contributed by atoms with Gasteiger partial charge in [0.2, 0.25) is 0 Å². The van der Waals surface area contributed by atoms with Crippen LogP contribution in [0.4, 0.5) is 0 Å². The van der Waals surface area contributed by atoms with Crippen molar-refractivity contribution < 1.29 is 4.42 Å². The molecule has 6 aliphatic rings. The van der Waals surface area contributed by atoms with Gasteiger partial charge in [0.15, 0.2) is 5.58 Å². The summed E-state index contributed by atoms with van der Waals surface area (Å²) in [7, 11) is 0. The number of rotatable bonds is 2. The molecule has 2 aliphatic carbocycles. The van der Waals surface area contributed by atoms with Crippen molar-refractivity contribution >= 4 is 133 Å². The van der Waals surface area contributed by atoms with Crippen LogP contribution in [0.5, 0.6) is 0 Å². The highest BCUT2D eigenvalue weighted by molar-refractivity contribution is 7.27. The molecule has 0 bridgehead atoms. The van der Waals surface area contributed by atoms with Gasteiger partial charge in [0.05, 0.1) is 32.5 Å². The molecule has 0 fully saturated rings. The predicted molar refractivity (Wildman–Crippen MR) is 352 cm³/mol. The predicted octanol–water partition coefficient (Wildman–Crippen LogP) is 16.2. The summed E-state index contributed by atoms with van der Waals surface area (Å²) in [4.78, 5) is 0. The summed E-state index contributed by atoms with van der Waals surface area (Å²) in [5.41, 5.74) is 37.9. The quantitative estimate of drug-likeness (QED) is 0.159. The third-order valence-corrected chi connectivity index (χ3v) is 22.6. The fraction of sp³-hybridized carbons (Fsp3) is 0.105. The van der Waals surface area contributed by atoms with Crippen LogP contribution in [0.1, 0.15) is 66.8 Å². The number of fused-ring (bicyclic) bond motifs is 28. The Hall–Kier alpha value is -9.49. The number of nitrogens with zero attached hydrogens (tertiary/aromatic N) is 4. The molecule has 0 saturated heterocycles. The van der Waals surface area contributed by atoms with Crippen molar-refractivity contribution in [3.05, 3.63) is 227 Å². The second kappa shape index (κ2) is 14.1. The van der Waals surface area contributed by atoms with Crippen molar-refractivity contribution in [2.75, 3.05) is 0 Å². The highest BCUT2D eigenvalue weighted by atomic mass is 32.1. The molecule has 0 spiro atoms. The minimum atomic E-state index is -0.224. The Kier molecular flexibility index (Phi) is 7.41. The maximum absolute atomic E-state index is 6.90. The molecule has 10 aromatic carbocycles. The molecular weight excluding hydrogens is 1040 g/mol. The smallest absolute Gasteiger partial charge is 0.333 e. The Morgan fingerprint density at radius 1 is 0.452 bits per heavy atom. The van der Waals surface area contributed by atoms with Gasteiger partial charge in [0, 0.05) is 98.2 Å². The molecule has 5 nitrogen and oxygen atoms in total. The van der Waals surface area contributed by atoms with Crippen molar-refractivity contribution in [3.63, 3.8) is 0 Å². The topological polar surface area (TPSA) is 32.9 Å². The molecular formula is C76H48B2N4OS. The maximum Gasteiger partial charge on any atom is 0.333 e. The van der Waals surface area contributed by atoms with E-state index < -0.39 is 0 Å². The Morgan fingerprint density at radius 3 is 1.88 bits per heavy atom. The minimum Gasteiger partial charge on any atom is -0.454 e. The standard InChI is InChI=1S/C76H48B2N4OS/c1-38-32-51-41-20-13-24-50-66(41)82(78-56-28-15-22-48-62-69(79(68(48)56)57(33-38)63(51)78)44-17-7-10-26-54(44)75(62,2)3)71-46-31-30-39(37-60(46)84-73(50)71)34-40-35-52-42-19-12-23-49-65(42)81(70-45-18-8-11-29-59(45)83-72(49)70)77-55-27-14-21-47-61-43-16-6-9-25-53(43)76(4,5)74(61)80(67(47)55)58(36-40)64(52)77/h6-33,35-37H,34H2,1-5H3. The Labute approximate surface area is 487 Å². The van der Waals surface area contributed by atoms with Crippen LogP contribution >= 0.6 is 11.3 Å². The Balaban J connectivity index is 0.770. The molecule has 6 aromatic heterocycles.